The highest BCUT2D eigenvalue weighted by Crippen LogP contribution is 2.34. The summed E-state index contributed by atoms with van der Waals surface area (Å²) in [6, 6.07) is 0.325. The maximum Gasteiger partial charge on any atom is 0.205 e. The predicted octanol–water partition coefficient (Wildman–Crippen LogP) is 2.30. The number of aryl methyl sites for hydroxylation is 1. The molecule has 1 N–H and O–H groups in total. The van der Waals surface area contributed by atoms with Gasteiger partial charge in [-0.25, -0.2) is 9.97 Å². The number of aromatic amines is 1. The van der Waals surface area contributed by atoms with E-state index < -0.39 is 0 Å². The van der Waals surface area contributed by atoms with E-state index >= 15 is 0 Å². The lowest BCUT2D eigenvalue weighted by molar-refractivity contribution is 0.458. The molecule has 17 heavy (non-hydrogen) atoms. The van der Waals surface area contributed by atoms with Crippen molar-refractivity contribution in [3.8, 4) is 0 Å². The molecule has 90 valence electrons. The van der Waals surface area contributed by atoms with E-state index in [4.69, 9.17) is 0 Å². The van der Waals surface area contributed by atoms with Crippen molar-refractivity contribution >= 4 is 16.7 Å². The largest absolute Gasteiger partial charge is 0.347 e. The molecule has 0 aromatic carbocycles. The molecule has 0 radical (unpaired) electrons. The van der Waals surface area contributed by atoms with Crippen LogP contribution in [0.1, 0.15) is 37.0 Å². The number of H-pyrrole nitrogens is 1. The maximum absolute atomic E-state index is 4.49. The van der Waals surface area contributed by atoms with Gasteiger partial charge in [0, 0.05) is 30.5 Å². The molecule has 0 aliphatic carbocycles. The fourth-order valence-corrected chi connectivity index (χ4v) is 3.06. The summed E-state index contributed by atoms with van der Waals surface area (Å²) >= 11 is 1.48. The van der Waals surface area contributed by atoms with Gasteiger partial charge >= 0.3 is 0 Å². The molecule has 2 aromatic rings. The molecule has 3 rings (SSSR count). The van der Waals surface area contributed by atoms with Gasteiger partial charge in [0.2, 0.25) is 5.13 Å². The van der Waals surface area contributed by atoms with Gasteiger partial charge in [0.15, 0.2) is 0 Å². The topological polar surface area (TPSA) is 57.7 Å². The lowest BCUT2D eigenvalue weighted by Gasteiger charge is -2.33. The molecule has 1 fully saturated rings. The summed E-state index contributed by atoms with van der Waals surface area (Å²) in [5.41, 5.74) is 0. The third kappa shape index (κ3) is 2.04. The second-order valence-corrected chi connectivity index (χ2v) is 5.03. The number of anilines is 1. The molecule has 6 heteroatoms. The lowest BCUT2D eigenvalue weighted by Crippen LogP contribution is -2.33. The first-order valence-electron chi connectivity index (χ1n) is 5.91. The zero-order valence-electron chi connectivity index (χ0n) is 9.76. The van der Waals surface area contributed by atoms with Crippen molar-refractivity contribution < 1.29 is 0 Å². The van der Waals surface area contributed by atoms with E-state index in [2.05, 4.69) is 24.2 Å². The third-order valence-electron chi connectivity index (χ3n) is 3.10. The minimum Gasteiger partial charge on any atom is -0.347 e. The van der Waals surface area contributed by atoms with Crippen molar-refractivity contribution in [1.29, 1.82) is 0 Å². The molecular formula is C11H15N5S. The summed E-state index contributed by atoms with van der Waals surface area (Å²) in [4.78, 5) is 14.4. The van der Waals surface area contributed by atoms with Crippen LogP contribution >= 0.6 is 11.5 Å². The minimum absolute atomic E-state index is 0.325. The maximum atomic E-state index is 4.49. The lowest BCUT2D eigenvalue weighted by atomic mass is 10.0. The van der Waals surface area contributed by atoms with E-state index in [0.717, 1.165) is 29.7 Å². The molecule has 1 saturated heterocycles. The zero-order valence-corrected chi connectivity index (χ0v) is 10.6. The Morgan fingerprint density at radius 3 is 3.12 bits per heavy atom. The van der Waals surface area contributed by atoms with Crippen LogP contribution in [-0.4, -0.2) is 25.9 Å². The standard InChI is InChI=1S/C11H15N5S/c1-8-14-11(17-15-8)16-7-3-2-4-9(16)10-12-5-6-13-10/h5-6,9H,2-4,7H2,1H3,(H,12,13). The van der Waals surface area contributed by atoms with Crippen LogP contribution in [0.4, 0.5) is 5.13 Å². The summed E-state index contributed by atoms with van der Waals surface area (Å²) in [7, 11) is 0. The van der Waals surface area contributed by atoms with Crippen LogP contribution in [0.25, 0.3) is 0 Å². The predicted molar refractivity (Wildman–Crippen MR) is 67.2 cm³/mol. The van der Waals surface area contributed by atoms with Crippen LogP contribution in [-0.2, 0) is 0 Å². The van der Waals surface area contributed by atoms with Gasteiger partial charge in [-0.15, -0.1) is 0 Å². The summed E-state index contributed by atoms with van der Waals surface area (Å²) in [6.07, 6.45) is 7.29. The number of aromatic nitrogens is 4. The van der Waals surface area contributed by atoms with Gasteiger partial charge in [-0.3, -0.25) is 0 Å². The quantitative estimate of drug-likeness (QED) is 0.887. The molecule has 2 aromatic heterocycles. The van der Waals surface area contributed by atoms with Gasteiger partial charge in [-0.2, -0.15) is 4.37 Å². The molecule has 0 saturated carbocycles. The Labute approximate surface area is 104 Å². The van der Waals surface area contributed by atoms with E-state index in [-0.39, 0.29) is 0 Å². The SMILES string of the molecule is Cc1nsc(N2CCCCC2c2ncc[nH]2)n1. The first-order chi connectivity index (χ1) is 8.34. The first-order valence-corrected chi connectivity index (χ1v) is 6.68. The summed E-state index contributed by atoms with van der Waals surface area (Å²) in [5, 5.41) is 1.02. The minimum atomic E-state index is 0.325. The van der Waals surface area contributed by atoms with Gasteiger partial charge in [0.05, 0.1) is 6.04 Å². The van der Waals surface area contributed by atoms with Crippen LogP contribution in [0.3, 0.4) is 0 Å². The Hall–Kier alpha value is -1.43. The summed E-state index contributed by atoms with van der Waals surface area (Å²) < 4.78 is 4.27. The Morgan fingerprint density at radius 2 is 2.41 bits per heavy atom. The number of nitrogens with zero attached hydrogens (tertiary/aromatic N) is 4. The van der Waals surface area contributed by atoms with Crippen LogP contribution in [0, 0.1) is 6.92 Å². The van der Waals surface area contributed by atoms with Crippen molar-refractivity contribution in [3.05, 3.63) is 24.0 Å². The summed E-state index contributed by atoms with van der Waals surface area (Å²) in [6.45, 7) is 2.98. The zero-order chi connectivity index (χ0) is 11.7. The fraction of sp³-hybridized carbons (Fsp3) is 0.545. The number of nitrogens with one attached hydrogen (secondary N) is 1. The van der Waals surface area contributed by atoms with Gasteiger partial charge in [-0.1, -0.05) is 0 Å². The van der Waals surface area contributed by atoms with Crippen LogP contribution in [0.5, 0.6) is 0 Å². The molecule has 0 amide bonds. The van der Waals surface area contributed by atoms with Crippen molar-refractivity contribution in [2.24, 2.45) is 0 Å². The molecule has 0 spiro atoms. The molecule has 1 atom stereocenters. The average molecular weight is 249 g/mol. The fourth-order valence-electron chi connectivity index (χ4n) is 2.31. The number of hydrogen-bond acceptors (Lipinski definition) is 5. The van der Waals surface area contributed by atoms with E-state index in [1.165, 1.54) is 24.4 Å². The molecule has 1 aliphatic rings. The Bertz CT molecular complexity index is 478. The molecule has 5 nitrogen and oxygen atoms in total. The van der Waals surface area contributed by atoms with Crippen molar-refractivity contribution in [3.63, 3.8) is 0 Å². The van der Waals surface area contributed by atoms with Crippen LogP contribution in [0.2, 0.25) is 0 Å². The van der Waals surface area contributed by atoms with Gasteiger partial charge in [0.1, 0.15) is 11.6 Å². The second kappa shape index (κ2) is 4.44. The molecular weight excluding hydrogens is 234 g/mol. The Morgan fingerprint density at radius 1 is 1.47 bits per heavy atom. The van der Waals surface area contributed by atoms with Gasteiger partial charge in [-0.05, 0) is 26.2 Å². The monoisotopic (exact) mass is 249 g/mol. The Balaban J connectivity index is 1.90. The smallest absolute Gasteiger partial charge is 0.205 e. The number of piperidine rings is 1. The first kappa shape index (κ1) is 10.7. The van der Waals surface area contributed by atoms with E-state index in [1.807, 2.05) is 19.3 Å². The highest BCUT2D eigenvalue weighted by molar-refractivity contribution is 7.09. The normalized spacial score (nSPS) is 20.8. The van der Waals surface area contributed by atoms with Crippen LogP contribution < -0.4 is 4.90 Å². The van der Waals surface area contributed by atoms with Crippen LogP contribution in [0.15, 0.2) is 12.4 Å². The third-order valence-corrected chi connectivity index (χ3v) is 3.94. The van der Waals surface area contributed by atoms with Gasteiger partial charge in [0.25, 0.3) is 0 Å². The molecule has 1 aliphatic heterocycles. The number of rotatable bonds is 2. The molecule has 0 bridgehead atoms. The Kier molecular flexibility index (Phi) is 2.80. The molecule has 3 heterocycles. The number of hydrogen-bond donors (Lipinski definition) is 1. The highest BCUT2D eigenvalue weighted by Gasteiger charge is 2.27. The average Bonchev–Trinajstić information content (AvgIpc) is 3.00. The molecule has 1 unspecified atom stereocenters. The second-order valence-electron chi connectivity index (χ2n) is 4.30. The van der Waals surface area contributed by atoms with Crippen molar-refractivity contribution in [1.82, 2.24) is 19.3 Å². The number of imidazole rings is 1. The van der Waals surface area contributed by atoms with E-state index in [9.17, 15) is 0 Å². The van der Waals surface area contributed by atoms with E-state index in [1.54, 1.807) is 0 Å². The van der Waals surface area contributed by atoms with Crippen molar-refractivity contribution in [2.75, 3.05) is 11.4 Å². The summed E-state index contributed by atoms with van der Waals surface area (Å²) in [5.74, 6) is 1.89. The van der Waals surface area contributed by atoms with Crippen molar-refractivity contribution in [2.45, 2.75) is 32.2 Å². The highest BCUT2D eigenvalue weighted by atomic mass is 32.1. The van der Waals surface area contributed by atoms with E-state index in [0.29, 0.717) is 6.04 Å². The van der Waals surface area contributed by atoms with Gasteiger partial charge < -0.3 is 9.88 Å².